The SMILES string of the molecule is Bc1cccc2c1N(C)CC2. The number of hydrogen-bond acceptors (Lipinski definition) is 1. The van der Waals surface area contributed by atoms with E-state index in [-0.39, 0.29) is 0 Å². The molecule has 0 bridgehead atoms. The lowest BCUT2D eigenvalue weighted by Gasteiger charge is -2.14. The fraction of sp³-hybridized carbons (Fsp3) is 0.333. The van der Waals surface area contributed by atoms with Crippen molar-refractivity contribution in [2.24, 2.45) is 0 Å². The minimum absolute atomic E-state index is 1.18. The van der Waals surface area contributed by atoms with Crippen molar-refractivity contribution in [2.75, 3.05) is 18.5 Å². The summed E-state index contributed by atoms with van der Waals surface area (Å²) in [4.78, 5) is 2.34. The van der Waals surface area contributed by atoms with E-state index in [1.165, 1.54) is 29.7 Å². The molecule has 0 amide bonds. The van der Waals surface area contributed by atoms with Crippen LogP contribution in [0.3, 0.4) is 0 Å². The summed E-state index contributed by atoms with van der Waals surface area (Å²) in [6, 6.07) is 6.56. The number of para-hydroxylation sites is 1. The second-order valence-corrected chi connectivity index (χ2v) is 3.25. The summed E-state index contributed by atoms with van der Waals surface area (Å²) in [5, 5.41) is 0. The number of rotatable bonds is 0. The highest BCUT2D eigenvalue weighted by atomic mass is 15.1. The molecule has 0 spiro atoms. The van der Waals surface area contributed by atoms with E-state index in [1.54, 1.807) is 0 Å². The van der Waals surface area contributed by atoms with E-state index in [4.69, 9.17) is 0 Å². The van der Waals surface area contributed by atoms with Crippen LogP contribution in [0.2, 0.25) is 0 Å². The molecular formula is C9H12BN. The highest BCUT2D eigenvalue weighted by Gasteiger charge is 2.15. The van der Waals surface area contributed by atoms with Crippen molar-refractivity contribution >= 4 is 19.0 Å². The number of hydrogen-bond donors (Lipinski definition) is 0. The van der Waals surface area contributed by atoms with Crippen LogP contribution in [0.4, 0.5) is 5.69 Å². The summed E-state index contributed by atoms with van der Waals surface area (Å²) in [6.45, 7) is 1.18. The first-order valence-corrected chi connectivity index (χ1v) is 4.08. The lowest BCUT2D eigenvalue weighted by molar-refractivity contribution is 0.957. The molecule has 0 N–H and O–H groups in total. The molecule has 0 unspecified atom stereocenters. The van der Waals surface area contributed by atoms with E-state index in [0.29, 0.717) is 0 Å². The smallest absolute Gasteiger partial charge is 0.142 e. The topological polar surface area (TPSA) is 3.24 Å². The van der Waals surface area contributed by atoms with Crippen LogP contribution in [0.1, 0.15) is 5.56 Å². The largest absolute Gasteiger partial charge is 0.374 e. The molecule has 1 aromatic carbocycles. The predicted molar refractivity (Wildman–Crippen MR) is 51.6 cm³/mol. The van der Waals surface area contributed by atoms with Gasteiger partial charge in [0, 0.05) is 19.3 Å². The summed E-state index contributed by atoms with van der Waals surface area (Å²) >= 11 is 0. The lowest BCUT2D eigenvalue weighted by Crippen LogP contribution is -2.19. The minimum atomic E-state index is 1.18. The molecule has 0 saturated carbocycles. The zero-order valence-electron chi connectivity index (χ0n) is 7.09. The molecule has 0 saturated heterocycles. The van der Waals surface area contributed by atoms with Gasteiger partial charge in [-0.15, -0.1) is 0 Å². The Morgan fingerprint density at radius 1 is 1.45 bits per heavy atom. The van der Waals surface area contributed by atoms with Gasteiger partial charge in [0.2, 0.25) is 0 Å². The molecule has 1 aliphatic heterocycles. The molecule has 1 heterocycles. The predicted octanol–water partition coefficient (Wildman–Crippen LogP) is -0.0627. The fourth-order valence-corrected chi connectivity index (χ4v) is 1.87. The van der Waals surface area contributed by atoms with Crippen LogP contribution in [0.5, 0.6) is 0 Å². The van der Waals surface area contributed by atoms with Crippen molar-refractivity contribution in [3.63, 3.8) is 0 Å². The highest BCUT2D eigenvalue weighted by molar-refractivity contribution is 6.36. The van der Waals surface area contributed by atoms with Gasteiger partial charge < -0.3 is 4.90 Å². The van der Waals surface area contributed by atoms with Gasteiger partial charge in [-0.1, -0.05) is 23.7 Å². The number of fused-ring (bicyclic) bond motifs is 1. The maximum atomic E-state index is 2.34. The van der Waals surface area contributed by atoms with Crippen LogP contribution in [0, 0.1) is 0 Å². The van der Waals surface area contributed by atoms with Crippen molar-refractivity contribution in [1.29, 1.82) is 0 Å². The van der Waals surface area contributed by atoms with Gasteiger partial charge in [0.25, 0.3) is 0 Å². The Balaban J connectivity index is 2.58. The van der Waals surface area contributed by atoms with Gasteiger partial charge in [-0.25, -0.2) is 0 Å². The molecule has 0 fully saturated rings. The highest BCUT2D eigenvalue weighted by Crippen LogP contribution is 2.23. The van der Waals surface area contributed by atoms with E-state index < -0.39 is 0 Å². The second kappa shape index (κ2) is 2.30. The standard InChI is InChI=1S/C9H12BN/c1-11-6-5-7-3-2-4-8(10)9(7)11/h2-4H,5-6,10H2,1H3. The van der Waals surface area contributed by atoms with E-state index in [2.05, 4.69) is 38.0 Å². The van der Waals surface area contributed by atoms with Crippen LogP contribution >= 0.6 is 0 Å². The van der Waals surface area contributed by atoms with Gasteiger partial charge in [-0.3, -0.25) is 0 Å². The number of benzene rings is 1. The first kappa shape index (κ1) is 6.77. The average molecular weight is 145 g/mol. The van der Waals surface area contributed by atoms with Gasteiger partial charge in [0.05, 0.1) is 0 Å². The molecular weight excluding hydrogens is 133 g/mol. The molecule has 1 aliphatic rings. The van der Waals surface area contributed by atoms with Gasteiger partial charge in [0.15, 0.2) is 0 Å². The summed E-state index contributed by atoms with van der Waals surface area (Å²) in [5.41, 5.74) is 4.36. The molecule has 2 rings (SSSR count). The first-order valence-electron chi connectivity index (χ1n) is 4.08. The summed E-state index contributed by atoms with van der Waals surface area (Å²) in [6.07, 6.45) is 1.22. The summed E-state index contributed by atoms with van der Waals surface area (Å²) in [5.74, 6) is 0. The van der Waals surface area contributed by atoms with Crippen molar-refractivity contribution in [1.82, 2.24) is 0 Å². The molecule has 0 aliphatic carbocycles. The Hall–Kier alpha value is -0.915. The average Bonchev–Trinajstić information content (AvgIpc) is 2.34. The molecule has 2 heteroatoms. The van der Waals surface area contributed by atoms with Gasteiger partial charge >= 0.3 is 0 Å². The third kappa shape index (κ3) is 0.935. The van der Waals surface area contributed by atoms with E-state index in [1.807, 2.05) is 0 Å². The van der Waals surface area contributed by atoms with E-state index >= 15 is 0 Å². The minimum Gasteiger partial charge on any atom is -0.374 e. The zero-order valence-corrected chi connectivity index (χ0v) is 7.09. The maximum absolute atomic E-state index is 2.34. The lowest BCUT2D eigenvalue weighted by atomic mass is 9.92. The molecule has 11 heavy (non-hydrogen) atoms. The number of anilines is 1. The summed E-state index contributed by atoms with van der Waals surface area (Å²) < 4.78 is 0. The number of likely N-dealkylation sites (N-methyl/N-ethyl adjacent to an activating group) is 1. The monoisotopic (exact) mass is 145 g/mol. The van der Waals surface area contributed by atoms with Gasteiger partial charge in [0.1, 0.15) is 7.85 Å². The Kier molecular flexibility index (Phi) is 1.41. The van der Waals surface area contributed by atoms with Crippen LogP contribution < -0.4 is 10.4 Å². The van der Waals surface area contributed by atoms with Crippen molar-refractivity contribution < 1.29 is 0 Å². The van der Waals surface area contributed by atoms with Crippen LogP contribution in [0.25, 0.3) is 0 Å². The normalized spacial score (nSPS) is 15.2. The maximum Gasteiger partial charge on any atom is 0.142 e. The third-order valence-electron chi connectivity index (χ3n) is 2.42. The molecule has 1 aromatic rings. The quantitative estimate of drug-likeness (QED) is 0.462. The molecule has 56 valence electrons. The Morgan fingerprint density at radius 3 is 3.00 bits per heavy atom. The van der Waals surface area contributed by atoms with Crippen molar-refractivity contribution in [2.45, 2.75) is 6.42 Å². The molecule has 0 radical (unpaired) electrons. The number of nitrogens with zero attached hydrogens (tertiary/aromatic N) is 1. The zero-order chi connectivity index (χ0) is 7.84. The molecule has 0 atom stereocenters. The Morgan fingerprint density at radius 2 is 2.27 bits per heavy atom. The van der Waals surface area contributed by atoms with Crippen molar-refractivity contribution in [3.05, 3.63) is 23.8 Å². The molecule has 0 aromatic heterocycles. The Bertz CT molecular complexity index is 283. The first-order chi connectivity index (χ1) is 5.29. The van der Waals surface area contributed by atoms with Crippen LogP contribution in [0.15, 0.2) is 18.2 Å². The summed E-state index contributed by atoms with van der Waals surface area (Å²) in [7, 11) is 4.35. The van der Waals surface area contributed by atoms with Crippen LogP contribution in [-0.4, -0.2) is 21.4 Å². The van der Waals surface area contributed by atoms with Gasteiger partial charge in [-0.05, 0) is 12.0 Å². The van der Waals surface area contributed by atoms with Gasteiger partial charge in [-0.2, -0.15) is 0 Å². The fourth-order valence-electron chi connectivity index (χ4n) is 1.87. The van der Waals surface area contributed by atoms with E-state index in [9.17, 15) is 0 Å². The molecule has 1 nitrogen and oxygen atoms in total. The van der Waals surface area contributed by atoms with Crippen molar-refractivity contribution in [3.8, 4) is 0 Å². The third-order valence-corrected chi connectivity index (χ3v) is 2.42. The Labute approximate surface area is 68.4 Å². The van der Waals surface area contributed by atoms with Crippen LogP contribution in [-0.2, 0) is 6.42 Å². The van der Waals surface area contributed by atoms with E-state index in [0.717, 1.165) is 0 Å². The second-order valence-electron chi connectivity index (χ2n) is 3.25.